The summed E-state index contributed by atoms with van der Waals surface area (Å²) in [4.78, 5) is 4.53. The Hall–Kier alpha value is -0.880. The van der Waals surface area contributed by atoms with E-state index < -0.39 is 15.9 Å². The lowest BCUT2D eigenvalue weighted by Crippen LogP contribution is -2.24. The van der Waals surface area contributed by atoms with Gasteiger partial charge >= 0.3 is 0 Å². The number of rotatable bonds is 2. The van der Waals surface area contributed by atoms with Crippen LogP contribution in [0.25, 0.3) is 0 Å². The zero-order valence-electron chi connectivity index (χ0n) is 11.0. The van der Waals surface area contributed by atoms with E-state index in [1.54, 1.807) is 0 Å². The van der Waals surface area contributed by atoms with Gasteiger partial charge in [-0.3, -0.25) is 0 Å². The van der Waals surface area contributed by atoms with Gasteiger partial charge in [-0.2, -0.15) is 0 Å². The number of hydrogen-bond donors (Lipinski definition) is 1. The van der Waals surface area contributed by atoms with Crippen molar-refractivity contribution in [2.45, 2.75) is 44.8 Å². The van der Waals surface area contributed by atoms with Crippen molar-refractivity contribution in [2.75, 3.05) is 11.5 Å². The summed E-state index contributed by atoms with van der Waals surface area (Å²) in [6.45, 7) is 0.929. The van der Waals surface area contributed by atoms with E-state index in [0.717, 1.165) is 50.2 Å². The Labute approximate surface area is 113 Å². The fraction of sp³-hybridized carbons (Fsp3) is 0.769. The van der Waals surface area contributed by atoms with Crippen LogP contribution < -0.4 is 0 Å². The zero-order chi connectivity index (χ0) is 13.5. The van der Waals surface area contributed by atoms with Gasteiger partial charge in [-0.05, 0) is 38.0 Å². The summed E-state index contributed by atoms with van der Waals surface area (Å²) < 4.78 is 24.8. The van der Waals surface area contributed by atoms with Gasteiger partial charge in [0.25, 0.3) is 0 Å². The molecule has 0 aliphatic carbocycles. The number of aliphatic hydroxyl groups is 1. The monoisotopic (exact) mass is 284 g/mol. The summed E-state index contributed by atoms with van der Waals surface area (Å²) in [5.74, 6) is 1.82. The third-order valence-electron chi connectivity index (χ3n) is 4.20. The lowest BCUT2D eigenvalue weighted by atomic mass is 9.97. The van der Waals surface area contributed by atoms with E-state index in [9.17, 15) is 13.5 Å². The van der Waals surface area contributed by atoms with Crippen LogP contribution in [0.15, 0.2) is 6.20 Å². The van der Waals surface area contributed by atoms with Gasteiger partial charge in [-0.15, -0.1) is 0 Å². The molecule has 3 heterocycles. The number of nitrogens with zero attached hydrogens (tertiary/aromatic N) is 2. The second-order valence-corrected chi connectivity index (χ2v) is 8.04. The number of sulfone groups is 1. The maximum atomic E-state index is 11.4. The van der Waals surface area contributed by atoms with Crippen molar-refractivity contribution in [3.63, 3.8) is 0 Å². The molecule has 1 aromatic heterocycles. The molecule has 5 nitrogen and oxygen atoms in total. The van der Waals surface area contributed by atoms with Crippen LogP contribution in [0, 0.1) is 5.92 Å². The molecule has 2 aliphatic rings. The Morgan fingerprint density at radius 1 is 1.32 bits per heavy atom. The van der Waals surface area contributed by atoms with Crippen molar-refractivity contribution in [1.82, 2.24) is 9.55 Å². The molecule has 106 valence electrons. The first-order valence-corrected chi connectivity index (χ1v) is 8.80. The Bertz CT molecular complexity index is 550. The Morgan fingerprint density at radius 2 is 2.05 bits per heavy atom. The van der Waals surface area contributed by atoms with E-state index in [-0.39, 0.29) is 0 Å². The first kappa shape index (κ1) is 13.1. The highest BCUT2D eigenvalue weighted by atomic mass is 32.2. The lowest BCUT2D eigenvalue weighted by molar-refractivity contribution is 0.133. The fourth-order valence-electron chi connectivity index (χ4n) is 3.05. The van der Waals surface area contributed by atoms with Crippen LogP contribution in [-0.4, -0.2) is 34.6 Å². The molecular weight excluding hydrogens is 264 g/mol. The molecule has 6 heteroatoms. The van der Waals surface area contributed by atoms with Gasteiger partial charge in [-0.1, -0.05) is 0 Å². The van der Waals surface area contributed by atoms with Gasteiger partial charge in [0, 0.05) is 12.7 Å². The van der Waals surface area contributed by atoms with E-state index in [0.29, 0.717) is 17.4 Å². The SMILES string of the molecule is O=S1(=O)CCC(Cc2cn3c(n2)C(O)CCC3)CC1. The van der Waals surface area contributed by atoms with E-state index >= 15 is 0 Å². The highest BCUT2D eigenvalue weighted by Gasteiger charge is 2.26. The van der Waals surface area contributed by atoms with Gasteiger partial charge in [0.15, 0.2) is 0 Å². The maximum absolute atomic E-state index is 11.4. The van der Waals surface area contributed by atoms with Crippen LogP contribution in [0.3, 0.4) is 0 Å². The van der Waals surface area contributed by atoms with Crippen LogP contribution in [0.2, 0.25) is 0 Å². The third kappa shape index (κ3) is 2.84. The summed E-state index contributed by atoms with van der Waals surface area (Å²) in [6, 6.07) is 0. The highest BCUT2D eigenvalue weighted by molar-refractivity contribution is 7.91. The van der Waals surface area contributed by atoms with Gasteiger partial charge < -0.3 is 9.67 Å². The van der Waals surface area contributed by atoms with Crippen LogP contribution in [0.4, 0.5) is 0 Å². The predicted molar refractivity (Wildman–Crippen MR) is 71.5 cm³/mol. The molecule has 3 rings (SSSR count). The minimum Gasteiger partial charge on any atom is -0.385 e. The van der Waals surface area contributed by atoms with Crippen LogP contribution in [0.5, 0.6) is 0 Å². The van der Waals surface area contributed by atoms with Crippen LogP contribution in [-0.2, 0) is 22.8 Å². The number of imidazole rings is 1. The number of fused-ring (bicyclic) bond motifs is 1. The van der Waals surface area contributed by atoms with Crippen molar-refractivity contribution in [1.29, 1.82) is 0 Å². The molecule has 0 saturated carbocycles. The summed E-state index contributed by atoms with van der Waals surface area (Å²) in [7, 11) is -2.78. The summed E-state index contributed by atoms with van der Waals surface area (Å²) in [5, 5.41) is 9.89. The summed E-state index contributed by atoms with van der Waals surface area (Å²) >= 11 is 0. The zero-order valence-corrected chi connectivity index (χ0v) is 11.8. The number of hydrogen-bond acceptors (Lipinski definition) is 4. The molecule has 0 aromatic carbocycles. The van der Waals surface area contributed by atoms with Gasteiger partial charge in [-0.25, -0.2) is 13.4 Å². The molecule has 1 saturated heterocycles. The average Bonchev–Trinajstić information content (AvgIpc) is 2.76. The lowest BCUT2D eigenvalue weighted by Gasteiger charge is -2.20. The van der Waals surface area contributed by atoms with Crippen molar-refractivity contribution in [3.05, 3.63) is 17.7 Å². The van der Waals surface area contributed by atoms with Gasteiger partial charge in [0.1, 0.15) is 21.8 Å². The smallest absolute Gasteiger partial charge is 0.150 e. The van der Waals surface area contributed by atoms with E-state index in [4.69, 9.17) is 0 Å². The van der Waals surface area contributed by atoms with Crippen LogP contribution in [0.1, 0.15) is 43.3 Å². The van der Waals surface area contributed by atoms with Crippen molar-refractivity contribution >= 4 is 9.84 Å². The molecular formula is C13H20N2O3S. The fourth-order valence-corrected chi connectivity index (χ4v) is 4.64. The Morgan fingerprint density at radius 3 is 2.74 bits per heavy atom. The van der Waals surface area contributed by atoms with Gasteiger partial charge in [0.05, 0.1) is 17.2 Å². The second kappa shape index (κ2) is 4.90. The Balaban J connectivity index is 1.68. The number of aromatic nitrogens is 2. The Kier molecular flexibility index (Phi) is 3.39. The molecule has 2 aliphatic heterocycles. The minimum absolute atomic E-state index is 0.313. The molecule has 1 atom stereocenters. The molecule has 0 amide bonds. The molecule has 0 radical (unpaired) electrons. The van der Waals surface area contributed by atoms with Gasteiger partial charge in [0.2, 0.25) is 0 Å². The normalized spacial score (nSPS) is 27.1. The summed E-state index contributed by atoms with van der Waals surface area (Å²) in [5.41, 5.74) is 1.00. The van der Waals surface area contributed by atoms with E-state index in [1.165, 1.54) is 0 Å². The largest absolute Gasteiger partial charge is 0.385 e. The van der Waals surface area contributed by atoms with E-state index in [1.807, 2.05) is 10.8 Å². The molecule has 19 heavy (non-hydrogen) atoms. The molecule has 1 unspecified atom stereocenters. The maximum Gasteiger partial charge on any atom is 0.150 e. The second-order valence-electron chi connectivity index (χ2n) is 5.74. The van der Waals surface area contributed by atoms with Crippen molar-refractivity contribution in [2.24, 2.45) is 5.92 Å². The topological polar surface area (TPSA) is 72.2 Å². The average molecular weight is 284 g/mol. The quantitative estimate of drug-likeness (QED) is 0.882. The van der Waals surface area contributed by atoms with Crippen molar-refractivity contribution in [3.8, 4) is 0 Å². The molecule has 1 aromatic rings. The molecule has 0 bridgehead atoms. The molecule has 1 fully saturated rings. The highest BCUT2D eigenvalue weighted by Crippen LogP contribution is 2.27. The van der Waals surface area contributed by atoms with Crippen molar-refractivity contribution < 1.29 is 13.5 Å². The number of aliphatic hydroxyl groups excluding tert-OH is 1. The predicted octanol–water partition coefficient (Wildman–Crippen LogP) is 1.08. The summed E-state index contributed by atoms with van der Waals surface area (Å²) in [6.07, 6.45) is 5.70. The van der Waals surface area contributed by atoms with Crippen LogP contribution >= 0.6 is 0 Å². The first-order chi connectivity index (χ1) is 9.03. The minimum atomic E-state index is -2.78. The third-order valence-corrected chi connectivity index (χ3v) is 5.92. The first-order valence-electron chi connectivity index (χ1n) is 6.98. The molecule has 1 N–H and O–H groups in total. The van der Waals surface area contributed by atoms with E-state index in [2.05, 4.69) is 4.98 Å². The number of aryl methyl sites for hydroxylation is 1. The molecule has 0 spiro atoms. The standard InChI is InChI=1S/C13H20N2O3S/c16-12-2-1-5-15-9-11(14-13(12)15)8-10-3-6-19(17,18)7-4-10/h9-10,12,16H,1-8H2.